The zero-order valence-electron chi connectivity index (χ0n) is 34.0. The number of carbonyl (C=O) groups excluding carboxylic acids is 3. The molecule has 3 saturated heterocycles. The third-order valence-electron chi connectivity index (χ3n) is 13.6. The normalized spacial score (nSPS) is 21.4. The summed E-state index contributed by atoms with van der Waals surface area (Å²) in [4.78, 5) is 60.8. The number of aryl methyl sites for hydroxylation is 1. The van der Waals surface area contributed by atoms with Gasteiger partial charge in [-0.3, -0.25) is 29.4 Å². The fourth-order valence-electron chi connectivity index (χ4n) is 10.2. The Labute approximate surface area is 343 Å². The number of amides is 3. The molecule has 0 bridgehead atoms. The van der Waals surface area contributed by atoms with E-state index in [0.717, 1.165) is 97.9 Å². The molecule has 14 heteroatoms. The van der Waals surface area contributed by atoms with E-state index in [2.05, 4.69) is 20.1 Å². The summed E-state index contributed by atoms with van der Waals surface area (Å²) in [5.74, 6) is 1.84. The van der Waals surface area contributed by atoms with Crippen LogP contribution >= 0.6 is 0 Å². The van der Waals surface area contributed by atoms with Gasteiger partial charge in [0.25, 0.3) is 11.5 Å². The van der Waals surface area contributed by atoms with Crippen molar-refractivity contribution in [2.75, 3.05) is 46.9 Å². The lowest BCUT2D eigenvalue weighted by molar-refractivity contribution is -0.136. The average Bonchev–Trinajstić information content (AvgIpc) is 3.54. The van der Waals surface area contributed by atoms with E-state index >= 15 is 0 Å². The highest BCUT2D eigenvalue weighted by Crippen LogP contribution is 2.51. The molecule has 1 unspecified atom stereocenters. The molecule has 5 aliphatic rings. The molecule has 6 heterocycles. The molecular weight excluding hydrogens is 753 g/mol. The first-order valence-electron chi connectivity index (χ1n) is 20.8. The van der Waals surface area contributed by atoms with Crippen molar-refractivity contribution in [3.05, 3.63) is 75.7 Å². The maximum atomic E-state index is 13.1. The van der Waals surface area contributed by atoms with Crippen molar-refractivity contribution in [1.29, 1.82) is 0 Å². The number of aromatic hydroxyl groups is 1. The maximum absolute atomic E-state index is 13.1. The molecule has 1 spiro atoms. The molecule has 2 N–H and O–H groups in total. The van der Waals surface area contributed by atoms with Crippen LogP contribution in [0.5, 0.6) is 23.1 Å². The molecule has 4 fully saturated rings. The Balaban J connectivity index is 0.748. The number of rotatable bonds is 10. The summed E-state index contributed by atoms with van der Waals surface area (Å²) >= 11 is 0. The van der Waals surface area contributed by atoms with Gasteiger partial charge in [0.2, 0.25) is 17.7 Å². The monoisotopic (exact) mass is 804 g/mol. The minimum Gasteiger partial charge on any atom is -0.496 e. The summed E-state index contributed by atoms with van der Waals surface area (Å²) in [6.07, 6.45) is 9.31. The molecule has 3 amide bonds. The fourth-order valence-corrected chi connectivity index (χ4v) is 10.2. The largest absolute Gasteiger partial charge is 0.496 e. The van der Waals surface area contributed by atoms with Crippen molar-refractivity contribution in [3.8, 4) is 34.3 Å². The predicted molar refractivity (Wildman–Crippen MR) is 219 cm³/mol. The Morgan fingerprint density at radius 3 is 2.31 bits per heavy atom. The second-order valence-electron chi connectivity index (χ2n) is 17.3. The fraction of sp³-hybridized carbons (Fsp3) is 0.489. The summed E-state index contributed by atoms with van der Waals surface area (Å²) in [7, 11) is 5.02. The summed E-state index contributed by atoms with van der Waals surface area (Å²) in [6, 6.07) is 12.2. The first kappa shape index (κ1) is 39.0. The summed E-state index contributed by atoms with van der Waals surface area (Å²) in [5, 5.41) is 13.0. The van der Waals surface area contributed by atoms with Gasteiger partial charge in [-0.2, -0.15) is 0 Å². The van der Waals surface area contributed by atoms with Gasteiger partial charge in [-0.25, -0.2) is 4.98 Å². The van der Waals surface area contributed by atoms with Crippen LogP contribution < -0.4 is 25.1 Å². The van der Waals surface area contributed by atoms with E-state index < -0.39 is 11.9 Å². The summed E-state index contributed by atoms with van der Waals surface area (Å²) in [5.41, 5.74) is 4.37. The Bertz CT molecular complexity index is 2350. The van der Waals surface area contributed by atoms with Crippen LogP contribution in [0.2, 0.25) is 0 Å². The Hall–Kier alpha value is -5.47. The first-order valence-corrected chi connectivity index (χ1v) is 20.8. The number of fused-ring (bicyclic) bond motifs is 2. The van der Waals surface area contributed by atoms with Gasteiger partial charge in [0, 0.05) is 61.9 Å². The number of pyridine rings is 2. The molecule has 310 valence electrons. The Morgan fingerprint density at radius 2 is 1.61 bits per heavy atom. The standard InChI is InChI=1S/C45H52N6O8/c1-48-25-34(33-6-8-39(52)46-41(33)44(48)56)28-19-37(57-2)35(38(20-28)58-3)26-49-14-10-27(11-15-49)23-50-16-12-45(13-17-50)21-31(22-45)59-30-4-5-32-29(18-30)24-51(43(32)55)36-7-9-40(53)47-42(36)54/h4-6,8,18-20,25,27,31,36H,7,9-17,21-24,26H2,1-3H3,(H,46,52)(H,47,53,54). The topological polar surface area (TPSA) is 156 Å². The molecular formula is C45H52N6O8. The van der Waals surface area contributed by atoms with Gasteiger partial charge in [-0.1, -0.05) is 0 Å². The van der Waals surface area contributed by atoms with Gasteiger partial charge in [-0.05, 0) is 130 Å². The number of likely N-dealkylation sites (tertiary alicyclic amines) is 2. The highest BCUT2D eigenvalue weighted by Gasteiger charge is 2.47. The molecule has 2 aromatic heterocycles. The number of nitrogens with one attached hydrogen (secondary N) is 1. The summed E-state index contributed by atoms with van der Waals surface area (Å²) < 4.78 is 19.8. The van der Waals surface area contributed by atoms with E-state index in [0.29, 0.717) is 41.8 Å². The van der Waals surface area contributed by atoms with Crippen LogP contribution in [0.25, 0.3) is 22.0 Å². The third kappa shape index (κ3) is 7.52. The van der Waals surface area contributed by atoms with Gasteiger partial charge in [0.1, 0.15) is 28.8 Å². The number of hydrogen-bond acceptors (Lipinski definition) is 11. The molecule has 1 atom stereocenters. The molecule has 59 heavy (non-hydrogen) atoms. The number of benzene rings is 2. The lowest BCUT2D eigenvalue weighted by atomic mass is 9.61. The van der Waals surface area contributed by atoms with Crippen LogP contribution in [-0.4, -0.2) is 106 Å². The van der Waals surface area contributed by atoms with E-state index in [1.807, 2.05) is 30.3 Å². The van der Waals surface area contributed by atoms with E-state index in [1.165, 1.54) is 23.5 Å². The molecule has 9 rings (SSSR count). The highest BCUT2D eigenvalue weighted by molar-refractivity contribution is 6.05. The van der Waals surface area contributed by atoms with Crippen molar-refractivity contribution in [2.24, 2.45) is 18.4 Å². The number of ether oxygens (including phenoxy) is 3. The number of aromatic nitrogens is 2. The van der Waals surface area contributed by atoms with Crippen molar-refractivity contribution in [1.82, 2.24) is 29.6 Å². The molecule has 0 radical (unpaired) electrons. The van der Waals surface area contributed by atoms with Crippen molar-refractivity contribution in [3.63, 3.8) is 0 Å². The van der Waals surface area contributed by atoms with Crippen molar-refractivity contribution in [2.45, 2.75) is 76.6 Å². The minimum atomic E-state index is -0.618. The highest BCUT2D eigenvalue weighted by atomic mass is 16.5. The van der Waals surface area contributed by atoms with Crippen LogP contribution in [0.4, 0.5) is 0 Å². The van der Waals surface area contributed by atoms with Gasteiger partial charge in [-0.15, -0.1) is 0 Å². The molecule has 4 aromatic rings. The minimum absolute atomic E-state index is 0.165. The number of hydrogen-bond donors (Lipinski definition) is 2. The van der Waals surface area contributed by atoms with E-state index in [-0.39, 0.29) is 41.3 Å². The maximum Gasteiger partial charge on any atom is 0.276 e. The summed E-state index contributed by atoms with van der Waals surface area (Å²) in [6.45, 7) is 6.44. The quantitative estimate of drug-likeness (QED) is 0.216. The van der Waals surface area contributed by atoms with Crippen molar-refractivity contribution >= 4 is 28.6 Å². The molecule has 1 saturated carbocycles. The van der Waals surface area contributed by atoms with Gasteiger partial charge < -0.3 is 33.7 Å². The Kier molecular flexibility index (Phi) is 10.3. The smallest absolute Gasteiger partial charge is 0.276 e. The molecule has 2 aromatic carbocycles. The van der Waals surface area contributed by atoms with Crippen LogP contribution in [0, 0.1) is 11.3 Å². The SMILES string of the molecule is COc1cc(-c2cn(C)c(=O)c3nc(O)ccc23)cc(OC)c1CN1CCC(CN2CCC3(CC2)CC(Oc2ccc4c(c2)CN(C2CCC(=O)NC2=O)C4=O)C3)CC1. The number of carbonyl (C=O) groups is 3. The van der Waals surface area contributed by atoms with Gasteiger partial charge in [0.05, 0.1) is 25.9 Å². The van der Waals surface area contributed by atoms with Crippen molar-refractivity contribution < 1.29 is 33.7 Å². The first-order chi connectivity index (χ1) is 28.5. The average molecular weight is 805 g/mol. The third-order valence-corrected chi connectivity index (χ3v) is 13.6. The zero-order chi connectivity index (χ0) is 41.0. The van der Waals surface area contributed by atoms with E-state index in [4.69, 9.17) is 14.2 Å². The van der Waals surface area contributed by atoms with Gasteiger partial charge >= 0.3 is 0 Å². The Morgan fingerprint density at radius 1 is 0.881 bits per heavy atom. The lowest BCUT2D eigenvalue weighted by Crippen LogP contribution is -2.52. The number of methoxy groups -OCH3 is 2. The number of imide groups is 1. The van der Waals surface area contributed by atoms with Gasteiger partial charge in [0.15, 0.2) is 0 Å². The lowest BCUT2D eigenvalue weighted by Gasteiger charge is -2.52. The molecule has 14 nitrogen and oxygen atoms in total. The van der Waals surface area contributed by atoms with E-state index in [9.17, 15) is 24.3 Å². The molecule has 4 aliphatic heterocycles. The van der Waals surface area contributed by atoms with Crippen LogP contribution in [0.15, 0.2) is 53.5 Å². The second kappa shape index (κ2) is 15.6. The number of piperidine rings is 3. The zero-order valence-corrected chi connectivity index (χ0v) is 34.0. The number of nitrogens with zero attached hydrogens (tertiary/aromatic N) is 5. The van der Waals surface area contributed by atoms with Crippen LogP contribution in [-0.2, 0) is 29.7 Å². The van der Waals surface area contributed by atoms with Crippen LogP contribution in [0.1, 0.15) is 72.9 Å². The van der Waals surface area contributed by atoms with Crippen LogP contribution in [0.3, 0.4) is 0 Å². The molecule has 1 aliphatic carbocycles. The van der Waals surface area contributed by atoms with E-state index in [1.54, 1.807) is 38.4 Å². The predicted octanol–water partition coefficient (Wildman–Crippen LogP) is 4.62. The second-order valence-corrected chi connectivity index (χ2v) is 17.3.